The minimum atomic E-state index is -0.400. The zero-order valence-electron chi connectivity index (χ0n) is 13.6. The fourth-order valence-corrected chi connectivity index (χ4v) is 2.44. The predicted octanol–water partition coefficient (Wildman–Crippen LogP) is 0.947. The highest BCUT2D eigenvalue weighted by molar-refractivity contribution is 5.92. The number of nitrogens with one attached hydrogen (secondary N) is 3. The zero-order chi connectivity index (χ0) is 16.7. The Morgan fingerprint density at radius 2 is 1.87 bits per heavy atom. The lowest BCUT2D eigenvalue weighted by atomic mass is 10.1. The van der Waals surface area contributed by atoms with Crippen LogP contribution in [0.2, 0.25) is 0 Å². The predicted molar refractivity (Wildman–Crippen MR) is 88.3 cm³/mol. The molecule has 1 unspecified atom stereocenters. The van der Waals surface area contributed by atoms with Crippen molar-refractivity contribution >= 4 is 17.6 Å². The quantitative estimate of drug-likeness (QED) is 0.754. The molecule has 7 heteroatoms. The molecular weight excluding hydrogens is 296 g/mol. The maximum atomic E-state index is 11.7. The van der Waals surface area contributed by atoms with Crippen LogP contribution in [0.4, 0.5) is 10.5 Å². The zero-order valence-corrected chi connectivity index (χ0v) is 13.6. The Bertz CT molecular complexity index is 527. The molecule has 2 rings (SSSR count). The third-order valence-corrected chi connectivity index (χ3v) is 3.93. The van der Waals surface area contributed by atoms with Gasteiger partial charge in [-0.05, 0) is 24.6 Å². The fourth-order valence-electron chi connectivity index (χ4n) is 2.44. The van der Waals surface area contributed by atoms with E-state index in [0.717, 1.165) is 26.3 Å². The Labute approximate surface area is 136 Å². The first-order valence-electron chi connectivity index (χ1n) is 7.77. The third kappa shape index (κ3) is 5.22. The summed E-state index contributed by atoms with van der Waals surface area (Å²) in [4.78, 5) is 25.1. The largest absolute Gasteiger partial charge is 0.379 e. The Morgan fingerprint density at radius 1 is 1.22 bits per heavy atom. The number of hydrogen-bond acceptors (Lipinski definition) is 4. The molecule has 0 spiro atoms. The van der Waals surface area contributed by atoms with Crippen LogP contribution in [-0.2, 0) is 9.53 Å². The van der Waals surface area contributed by atoms with Gasteiger partial charge in [0.25, 0.3) is 0 Å². The van der Waals surface area contributed by atoms with Crippen molar-refractivity contribution in [3.05, 3.63) is 29.8 Å². The van der Waals surface area contributed by atoms with Crippen LogP contribution in [0.5, 0.6) is 0 Å². The molecule has 0 saturated carbocycles. The first-order chi connectivity index (χ1) is 11.1. The van der Waals surface area contributed by atoms with E-state index in [-0.39, 0.29) is 12.5 Å². The molecule has 1 saturated heterocycles. The molecule has 7 nitrogen and oxygen atoms in total. The van der Waals surface area contributed by atoms with E-state index in [4.69, 9.17) is 4.74 Å². The number of carbonyl (C=O) groups excluding carboxylic acids is 2. The fraction of sp³-hybridized carbons (Fsp3) is 0.500. The van der Waals surface area contributed by atoms with Crippen molar-refractivity contribution in [2.24, 2.45) is 0 Å². The molecule has 0 aromatic heterocycles. The van der Waals surface area contributed by atoms with E-state index in [9.17, 15) is 9.59 Å². The summed E-state index contributed by atoms with van der Waals surface area (Å²) < 4.78 is 5.37. The normalized spacial score (nSPS) is 16.4. The van der Waals surface area contributed by atoms with Crippen molar-refractivity contribution in [1.29, 1.82) is 0 Å². The second kappa shape index (κ2) is 8.50. The number of amides is 3. The molecular formula is C16H24N4O3. The lowest BCUT2D eigenvalue weighted by molar-refractivity contribution is -0.119. The average molecular weight is 320 g/mol. The number of urea groups is 1. The first kappa shape index (κ1) is 17.2. The van der Waals surface area contributed by atoms with Gasteiger partial charge in [-0.25, -0.2) is 4.79 Å². The molecule has 1 aliphatic heterocycles. The Morgan fingerprint density at radius 3 is 2.48 bits per heavy atom. The number of nitrogens with zero attached hydrogens (tertiary/aromatic N) is 1. The summed E-state index contributed by atoms with van der Waals surface area (Å²) in [6, 6.07) is 7.66. The van der Waals surface area contributed by atoms with E-state index in [1.807, 2.05) is 24.3 Å². The van der Waals surface area contributed by atoms with Crippen molar-refractivity contribution in [1.82, 2.24) is 15.5 Å². The van der Waals surface area contributed by atoms with E-state index in [0.29, 0.717) is 11.7 Å². The number of carbonyl (C=O) groups is 2. The van der Waals surface area contributed by atoms with Gasteiger partial charge in [-0.1, -0.05) is 12.1 Å². The number of benzene rings is 1. The maximum absolute atomic E-state index is 11.7. The molecule has 1 fully saturated rings. The lowest BCUT2D eigenvalue weighted by Gasteiger charge is -2.32. The number of anilines is 1. The monoisotopic (exact) mass is 320 g/mol. The highest BCUT2D eigenvalue weighted by atomic mass is 16.5. The van der Waals surface area contributed by atoms with E-state index >= 15 is 0 Å². The molecule has 126 valence electrons. The van der Waals surface area contributed by atoms with Crippen LogP contribution in [0.15, 0.2) is 24.3 Å². The van der Waals surface area contributed by atoms with E-state index in [1.54, 1.807) is 0 Å². The second-order valence-corrected chi connectivity index (χ2v) is 5.43. The maximum Gasteiger partial charge on any atom is 0.319 e. The molecule has 1 aromatic rings. The van der Waals surface area contributed by atoms with Gasteiger partial charge < -0.3 is 20.7 Å². The molecule has 1 aromatic carbocycles. The van der Waals surface area contributed by atoms with Crippen molar-refractivity contribution in [2.45, 2.75) is 13.0 Å². The van der Waals surface area contributed by atoms with Crippen molar-refractivity contribution < 1.29 is 14.3 Å². The van der Waals surface area contributed by atoms with Crippen molar-refractivity contribution in [3.8, 4) is 0 Å². The van der Waals surface area contributed by atoms with Gasteiger partial charge >= 0.3 is 6.03 Å². The molecule has 1 heterocycles. The third-order valence-electron chi connectivity index (χ3n) is 3.93. The lowest BCUT2D eigenvalue weighted by Crippen LogP contribution is -2.38. The van der Waals surface area contributed by atoms with Crippen LogP contribution in [0.25, 0.3) is 0 Å². The van der Waals surface area contributed by atoms with E-state index in [2.05, 4.69) is 27.8 Å². The molecule has 3 amide bonds. The smallest absolute Gasteiger partial charge is 0.319 e. The average Bonchev–Trinajstić information content (AvgIpc) is 2.60. The number of rotatable bonds is 5. The van der Waals surface area contributed by atoms with Gasteiger partial charge in [0.05, 0.1) is 19.8 Å². The summed E-state index contributed by atoms with van der Waals surface area (Å²) in [7, 11) is 1.52. The van der Waals surface area contributed by atoms with Crippen molar-refractivity contribution in [2.75, 3.05) is 45.2 Å². The number of ether oxygens (including phenoxy) is 1. The van der Waals surface area contributed by atoms with Gasteiger partial charge in [0, 0.05) is 31.9 Å². The first-order valence-corrected chi connectivity index (χ1v) is 7.77. The van der Waals surface area contributed by atoms with Crippen LogP contribution in [0.3, 0.4) is 0 Å². The minimum Gasteiger partial charge on any atom is -0.379 e. The Balaban J connectivity index is 1.86. The van der Waals surface area contributed by atoms with E-state index < -0.39 is 6.03 Å². The summed E-state index contributed by atoms with van der Waals surface area (Å²) in [6.07, 6.45) is 0. The molecule has 0 aliphatic carbocycles. The van der Waals surface area contributed by atoms with Crippen LogP contribution in [0, 0.1) is 0 Å². The standard InChI is InChI=1S/C16H24N4O3/c1-12(20-7-9-23-10-8-20)13-3-5-14(6-4-13)19-16(22)18-11-15(21)17-2/h3-6,12H,7-11H2,1-2H3,(H,17,21)(H2,18,19,22). The number of hydrogen-bond donors (Lipinski definition) is 3. The Kier molecular flexibility index (Phi) is 6.37. The van der Waals surface area contributed by atoms with Gasteiger partial charge in [-0.15, -0.1) is 0 Å². The number of likely N-dealkylation sites (N-methyl/N-ethyl adjacent to an activating group) is 1. The van der Waals surface area contributed by atoms with Gasteiger partial charge in [0.2, 0.25) is 5.91 Å². The molecule has 0 radical (unpaired) electrons. The Hall–Kier alpha value is -2.12. The van der Waals surface area contributed by atoms with Gasteiger partial charge in [0.15, 0.2) is 0 Å². The summed E-state index contributed by atoms with van der Waals surface area (Å²) >= 11 is 0. The molecule has 3 N–H and O–H groups in total. The SMILES string of the molecule is CNC(=O)CNC(=O)Nc1ccc(C(C)N2CCOCC2)cc1. The molecule has 0 bridgehead atoms. The summed E-state index contributed by atoms with van der Waals surface area (Å²) in [6.45, 7) is 5.54. The highest BCUT2D eigenvalue weighted by Crippen LogP contribution is 2.22. The van der Waals surface area contributed by atoms with Crippen LogP contribution in [0.1, 0.15) is 18.5 Å². The summed E-state index contributed by atoms with van der Waals surface area (Å²) in [5.74, 6) is -0.241. The van der Waals surface area contributed by atoms with Gasteiger partial charge in [-0.2, -0.15) is 0 Å². The number of morpholine rings is 1. The topological polar surface area (TPSA) is 82.7 Å². The molecule has 1 aliphatic rings. The van der Waals surface area contributed by atoms with Gasteiger partial charge in [0.1, 0.15) is 0 Å². The molecule has 23 heavy (non-hydrogen) atoms. The van der Waals surface area contributed by atoms with Crippen LogP contribution < -0.4 is 16.0 Å². The van der Waals surface area contributed by atoms with Gasteiger partial charge in [-0.3, -0.25) is 9.69 Å². The summed E-state index contributed by atoms with van der Waals surface area (Å²) in [5, 5.41) is 7.63. The molecule has 1 atom stereocenters. The summed E-state index contributed by atoms with van der Waals surface area (Å²) in [5.41, 5.74) is 1.89. The van der Waals surface area contributed by atoms with Crippen LogP contribution >= 0.6 is 0 Å². The van der Waals surface area contributed by atoms with E-state index in [1.165, 1.54) is 12.6 Å². The van der Waals surface area contributed by atoms with Crippen LogP contribution in [-0.4, -0.2) is 56.7 Å². The van der Waals surface area contributed by atoms with Crippen molar-refractivity contribution in [3.63, 3.8) is 0 Å². The second-order valence-electron chi connectivity index (χ2n) is 5.43. The highest BCUT2D eigenvalue weighted by Gasteiger charge is 2.18. The minimum absolute atomic E-state index is 0.0471.